The van der Waals surface area contributed by atoms with E-state index in [-0.39, 0.29) is 24.9 Å². The Balaban J connectivity index is 0.00000300. The smallest absolute Gasteiger partial charge is 0.315 e. The van der Waals surface area contributed by atoms with Gasteiger partial charge >= 0.3 is 6.03 Å². The number of amides is 3. The van der Waals surface area contributed by atoms with E-state index in [1.54, 1.807) is 0 Å². The molecule has 0 aliphatic carbocycles. The molecule has 29 heavy (non-hydrogen) atoms. The van der Waals surface area contributed by atoms with E-state index in [1.165, 1.54) is 4.90 Å². The van der Waals surface area contributed by atoms with Gasteiger partial charge in [-0.3, -0.25) is 9.69 Å². The summed E-state index contributed by atoms with van der Waals surface area (Å²) in [6.07, 6.45) is 0. The molecule has 1 aliphatic rings. The van der Waals surface area contributed by atoms with Crippen LogP contribution in [0.2, 0.25) is 0 Å². The van der Waals surface area contributed by atoms with Crippen molar-refractivity contribution in [1.82, 2.24) is 15.1 Å². The van der Waals surface area contributed by atoms with Gasteiger partial charge in [-0.15, -0.1) is 12.4 Å². The fourth-order valence-electron chi connectivity index (χ4n) is 3.40. The minimum absolute atomic E-state index is 0. The summed E-state index contributed by atoms with van der Waals surface area (Å²) >= 11 is 0. The van der Waals surface area contributed by atoms with Crippen LogP contribution in [0.5, 0.6) is 0 Å². The van der Waals surface area contributed by atoms with Crippen molar-refractivity contribution in [1.29, 1.82) is 0 Å². The summed E-state index contributed by atoms with van der Waals surface area (Å²) in [6, 6.07) is 18.3. The van der Waals surface area contributed by atoms with E-state index in [2.05, 4.69) is 35.9 Å². The first-order valence-corrected chi connectivity index (χ1v) is 9.56. The van der Waals surface area contributed by atoms with E-state index in [0.29, 0.717) is 6.54 Å². The number of nitrogens with one attached hydrogen (secondary N) is 1. The van der Waals surface area contributed by atoms with Crippen LogP contribution in [0.1, 0.15) is 25.0 Å². The van der Waals surface area contributed by atoms with Gasteiger partial charge in [0.1, 0.15) is 0 Å². The number of carbonyl (C=O) groups is 2. The molecule has 0 spiro atoms. The van der Waals surface area contributed by atoms with Gasteiger partial charge < -0.3 is 5.32 Å². The zero-order valence-electron chi connectivity index (χ0n) is 16.7. The lowest BCUT2D eigenvalue weighted by molar-refractivity contribution is -0.129. The minimum atomic E-state index is -1.22. The van der Waals surface area contributed by atoms with Crippen LogP contribution in [0.3, 0.4) is 0 Å². The molecule has 6 heteroatoms. The standard InChI is InChI=1S/C23H25N3O2.ClH/c1-3-25(4-2)17-11-12-18-26-21(27)23(24-22(26)28,19-13-7-5-8-14-19)20-15-9-6-10-16-20;/h5-10,13-16H,3-4,17-18H2,1-2H3,(H,24,28);1H. The number of halogens is 1. The summed E-state index contributed by atoms with van der Waals surface area (Å²) in [7, 11) is 0. The van der Waals surface area contributed by atoms with E-state index in [9.17, 15) is 9.59 Å². The molecule has 1 saturated heterocycles. The fourth-order valence-corrected chi connectivity index (χ4v) is 3.40. The Bertz CT molecular complexity index is 847. The van der Waals surface area contributed by atoms with Gasteiger partial charge in [-0.05, 0) is 24.2 Å². The third kappa shape index (κ3) is 4.45. The summed E-state index contributed by atoms with van der Waals surface area (Å²) in [5.41, 5.74) is 0.247. The van der Waals surface area contributed by atoms with E-state index < -0.39 is 11.6 Å². The highest BCUT2D eigenvalue weighted by Crippen LogP contribution is 2.35. The average molecular weight is 412 g/mol. The molecule has 2 aromatic carbocycles. The summed E-state index contributed by atoms with van der Waals surface area (Å²) in [5.74, 6) is 5.75. The van der Waals surface area contributed by atoms with Gasteiger partial charge in [0.15, 0.2) is 5.54 Å². The topological polar surface area (TPSA) is 52.6 Å². The highest BCUT2D eigenvalue weighted by Gasteiger charge is 2.53. The number of benzene rings is 2. The second kappa shape index (κ2) is 10.1. The monoisotopic (exact) mass is 411 g/mol. The van der Waals surface area contributed by atoms with Gasteiger partial charge in [0.05, 0.1) is 13.1 Å². The van der Waals surface area contributed by atoms with Crippen LogP contribution in [0, 0.1) is 11.8 Å². The number of hydrogen-bond donors (Lipinski definition) is 1. The lowest BCUT2D eigenvalue weighted by atomic mass is 9.82. The zero-order chi connectivity index (χ0) is 20.0. The Morgan fingerprint density at radius 3 is 1.90 bits per heavy atom. The number of urea groups is 1. The zero-order valence-corrected chi connectivity index (χ0v) is 17.5. The van der Waals surface area contributed by atoms with E-state index in [1.807, 2.05) is 60.7 Å². The van der Waals surface area contributed by atoms with E-state index >= 15 is 0 Å². The van der Waals surface area contributed by atoms with Gasteiger partial charge in [0.2, 0.25) is 0 Å². The first-order valence-electron chi connectivity index (χ1n) is 9.56. The highest BCUT2D eigenvalue weighted by atomic mass is 35.5. The van der Waals surface area contributed by atoms with E-state index in [4.69, 9.17) is 0 Å². The minimum Gasteiger partial charge on any atom is -0.315 e. The maximum atomic E-state index is 13.4. The van der Waals surface area contributed by atoms with Crippen molar-refractivity contribution in [2.75, 3.05) is 26.2 Å². The molecule has 0 atom stereocenters. The van der Waals surface area contributed by atoms with Crippen molar-refractivity contribution in [3.8, 4) is 11.8 Å². The highest BCUT2D eigenvalue weighted by molar-refractivity contribution is 6.09. The van der Waals surface area contributed by atoms with Crippen LogP contribution in [0.4, 0.5) is 4.79 Å². The largest absolute Gasteiger partial charge is 0.326 e. The molecule has 0 bridgehead atoms. The molecule has 3 rings (SSSR count). The molecule has 0 saturated carbocycles. The van der Waals surface area contributed by atoms with Crippen LogP contribution in [-0.4, -0.2) is 47.9 Å². The fraction of sp³-hybridized carbons (Fsp3) is 0.304. The normalized spacial score (nSPS) is 14.8. The number of imide groups is 1. The second-order valence-corrected chi connectivity index (χ2v) is 6.62. The first-order chi connectivity index (χ1) is 13.6. The van der Waals surface area contributed by atoms with Crippen molar-refractivity contribution in [3.63, 3.8) is 0 Å². The second-order valence-electron chi connectivity index (χ2n) is 6.62. The van der Waals surface area contributed by atoms with Gasteiger partial charge in [-0.1, -0.05) is 86.4 Å². The Labute approximate surface area is 178 Å². The molecule has 1 N–H and O–H groups in total. The average Bonchev–Trinajstić information content (AvgIpc) is 3.00. The number of rotatable bonds is 6. The Hall–Kier alpha value is -2.81. The summed E-state index contributed by atoms with van der Waals surface area (Å²) in [4.78, 5) is 29.5. The van der Waals surface area contributed by atoms with Crippen molar-refractivity contribution < 1.29 is 9.59 Å². The third-order valence-corrected chi connectivity index (χ3v) is 5.08. The van der Waals surface area contributed by atoms with Crippen molar-refractivity contribution >= 4 is 24.3 Å². The molecule has 5 nitrogen and oxygen atoms in total. The SMILES string of the molecule is CCN(CC)CC#CCN1C(=O)NC(c2ccccc2)(c2ccccc2)C1=O.Cl. The predicted molar refractivity (Wildman–Crippen MR) is 117 cm³/mol. The van der Waals surface area contributed by atoms with Crippen LogP contribution in [-0.2, 0) is 10.3 Å². The van der Waals surface area contributed by atoms with E-state index in [0.717, 1.165) is 24.2 Å². The molecule has 3 amide bonds. The quantitative estimate of drug-likeness (QED) is 0.586. The molecule has 0 radical (unpaired) electrons. The van der Waals surface area contributed by atoms with Gasteiger partial charge in [0, 0.05) is 0 Å². The van der Waals surface area contributed by atoms with Crippen LogP contribution in [0.25, 0.3) is 0 Å². The van der Waals surface area contributed by atoms with Crippen molar-refractivity contribution in [2.24, 2.45) is 0 Å². The summed E-state index contributed by atoms with van der Waals surface area (Å²) in [5, 5.41) is 2.93. The molecular weight excluding hydrogens is 386 g/mol. The van der Waals surface area contributed by atoms with Crippen LogP contribution < -0.4 is 5.32 Å². The number of hydrogen-bond acceptors (Lipinski definition) is 3. The third-order valence-electron chi connectivity index (χ3n) is 5.08. The van der Waals surface area contributed by atoms with Gasteiger partial charge in [0.25, 0.3) is 5.91 Å². The lowest BCUT2D eigenvalue weighted by Gasteiger charge is -2.27. The van der Waals surface area contributed by atoms with Crippen LogP contribution in [0.15, 0.2) is 60.7 Å². The van der Waals surface area contributed by atoms with Crippen molar-refractivity contribution in [2.45, 2.75) is 19.4 Å². The number of nitrogens with zero attached hydrogens (tertiary/aromatic N) is 2. The first kappa shape index (κ1) is 22.5. The molecule has 0 unspecified atom stereocenters. The maximum absolute atomic E-state index is 13.4. The van der Waals surface area contributed by atoms with Gasteiger partial charge in [-0.25, -0.2) is 9.69 Å². The molecule has 1 fully saturated rings. The predicted octanol–water partition coefficient (Wildman–Crippen LogP) is 3.25. The summed E-state index contributed by atoms with van der Waals surface area (Å²) in [6.45, 7) is 6.69. The summed E-state index contributed by atoms with van der Waals surface area (Å²) < 4.78 is 0. The Morgan fingerprint density at radius 2 is 1.41 bits per heavy atom. The molecular formula is C23H26ClN3O2. The van der Waals surface area contributed by atoms with Crippen molar-refractivity contribution in [3.05, 3.63) is 71.8 Å². The lowest BCUT2D eigenvalue weighted by Crippen LogP contribution is -2.45. The Morgan fingerprint density at radius 1 is 0.897 bits per heavy atom. The molecule has 1 aliphatic heterocycles. The van der Waals surface area contributed by atoms with Gasteiger partial charge in [-0.2, -0.15) is 0 Å². The molecule has 2 aromatic rings. The maximum Gasteiger partial charge on any atom is 0.326 e. The van der Waals surface area contributed by atoms with Crippen LogP contribution >= 0.6 is 12.4 Å². The molecule has 152 valence electrons. The number of carbonyl (C=O) groups excluding carboxylic acids is 2. The molecule has 1 heterocycles. The Kier molecular flexibility index (Phi) is 7.83. The molecule has 0 aromatic heterocycles.